The predicted octanol–water partition coefficient (Wildman–Crippen LogP) is 4.39. The van der Waals surface area contributed by atoms with Crippen LogP contribution in [0.5, 0.6) is 5.75 Å². The van der Waals surface area contributed by atoms with Crippen LogP contribution in [0.4, 0.5) is 0 Å². The highest BCUT2D eigenvalue weighted by molar-refractivity contribution is 7.13. The molecule has 6 nitrogen and oxygen atoms in total. The van der Waals surface area contributed by atoms with E-state index in [1.165, 1.54) is 23.0 Å². The van der Waals surface area contributed by atoms with Gasteiger partial charge in [0.15, 0.2) is 0 Å². The Kier molecular flexibility index (Phi) is 7.56. The number of rotatable bonds is 8. The monoisotopic (exact) mass is 436 g/mol. The summed E-state index contributed by atoms with van der Waals surface area (Å²) in [6.45, 7) is 3.68. The van der Waals surface area contributed by atoms with Crippen molar-refractivity contribution in [1.29, 1.82) is 0 Å². The van der Waals surface area contributed by atoms with Crippen LogP contribution < -0.4 is 10.1 Å². The average Bonchev–Trinajstić information content (AvgIpc) is 3.26. The molecule has 1 amide bonds. The second kappa shape index (κ2) is 10.5. The van der Waals surface area contributed by atoms with Crippen LogP contribution in [-0.4, -0.2) is 30.0 Å². The van der Waals surface area contributed by atoms with Gasteiger partial charge in [-0.15, -0.1) is 11.3 Å². The van der Waals surface area contributed by atoms with Crippen molar-refractivity contribution in [3.8, 4) is 16.3 Å². The Bertz CT molecular complexity index is 1060. The maximum Gasteiger partial charge on any atom is 0.328 e. The van der Waals surface area contributed by atoms with Crippen molar-refractivity contribution in [1.82, 2.24) is 10.3 Å². The maximum atomic E-state index is 12.2. The lowest BCUT2D eigenvalue weighted by Crippen LogP contribution is -2.38. The molecule has 3 rings (SSSR count). The van der Waals surface area contributed by atoms with Crippen molar-refractivity contribution in [2.24, 2.45) is 0 Å². The maximum absolute atomic E-state index is 12.2. The first kappa shape index (κ1) is 22.2. The average molecular weight is 437 g/mol. The molecule has 1 unspecified atom stereocenters. The van der Waals surface area contributed by atoms with E-state index in [1.807, 2.05) is 48.7 Å². The van der Waals surface area contributed by atoms with Crippen molar-refractivity contribution in [2.75, 3.05) is 7.11 Å². The third kappa shape index (κ3) is 6.52. The lowest BCUT2D eigenvalue weighted by molar-refractivity contribution is -0.148. The van der Waals surface area contributed by atoms with Gasteiger partial charge >= 0.3 is 5.97 Å². The number of benzene rings is 2. The molecule has 0 aliphatic carbocycles. The van der Waals surface area contributed by atoms with Crippen LogP contribution in [-0.2, 0) is 20.9 Å². The number of aromatic nitrogens is 1. The summed E-state index contributed by atoms with van der Waals surface area (Å²) >= 11 is 1.50. The molecule has 0 aliphatic rings. The zero-order chi connectivity index (χ0) is 22.2. The number of nitrogens with zero attached hydrogens (tertiary/aromatic N) is 1. The molecule has 160 valence electrons. The number of ether oxygens (including phenoxy) is 2. The first-order valence-electron chi connectivity index (χ1n) is 9.75. The Balaban J connectivity index is 1.47. The molecular formula is C24H24N2O4S. The molecule has 0 aliphatic heterocycles. The van der Waals surface area contributed by atoms with E-state index < -0.39 is 12.0 Å². The lowest BCUT2D eigenvalue weighted by Gasteiger charge is -2.11. The molecule has 0 spiro atoms. The third-order valence-corrected chi connectivity index (χ3v) is 5.41. The molecule has 1 N–H and O–H groups in total. The van der Waals surface area contributed by atoms with Gasteiger partial charge in [-0.25, -0.2) is 9.78 Å². The molecule has 3 aromatic rings. The van der Waals surface area contributed by atoms with Gasteiger partial charge in [-0.05, 0) is 37.6 Å². The molecule has 0 fully saturated rings. The zero-order valence-electron chi connectivity index (χ0n) is 17.6. The van der Waals surface area contributed by atoms with Gasteiger partial charge in [-0.1, -0.05) is 42.0 Å². The number of methoxy groups -OCH3 is 1. The number of esters is 1. The van der Waals surface area contributed by atoms with E-state index in [0.29, 0.717) is 5.69 Å². The molecule has 2 aromatic carbocycles. The quantitative estimate of drug-likeness (QED) is 0.419. The first-order valence-corrected chi connectivity index (χ1v) is 10.6. The number of carbonyl (C=O) groups is 2. The minimum Gasteiger partial charge on any atom is -0.497 e. The van der Waals surface area contributed by atoms with E-state index in [0.717, 1.165) is 21.9 Å². The van der Waals surface area contributed by atoms with Crippen LogP contribution in [0.15, 0.2) is 60.0 Å². The van der Waals surface area contributed by atoms with Crippen LogP contribution >= 0.6 is 11.3 Å². The molecular weight excluding hydrogens is 412 g/mol. The summed E-state index contributed by atoms with van der Waals surface area (Å²) in [5, 5.41) is 5.34. The third-order valence-electron chi connectivity index (χ3n) is 4.47. The smallest absolute Gasteiger partial charge is 0.328 e. The number of hydrogen-bond donors (Lipinski definition) is 1. The van der Waals surface area contributed by atoms with Crippen LogP contribution in [0, 0.1) is 6.92 Å². The number of nitrogens with one attached hydrogen (secondary N) is 1. The van der Waals surface area contributed by atoms with E-state index in [-0.39, 0.29) is 12.5 Å². The number of amides is 1. The summed E-state index contributed by atoms with van der Waals surface area (Å²) in [4.78, 5) is 28.8. The number of aryl methyl sites for hydroxylation is 1. The topological polar surface area (TPSA) is 77.5 Å². The Hall–Kier alpha value is -3.45. The molecule has 0 bridgehead atoms. The van der Waals surface area contributed by atoms with Gasteiger partial charge < -0.3 is 14.8 Å². The fourth-order valence-corrected chi connectivity index (χ4v) is 3.49. The van der Waals surface area contributed by atoms with Crippen molar-refractivity contribution in [3.05, 3.63) is 76.8 Å². The molecule has 0 radical (unpaired) electrons. The minimum atomic E-state index is -0.775. The second-order valence-electron chi connectivity index (χ2n) is 6.95. The lowest BCUT2D eigenvalue weighted by atomic mass is 10.2. The highest BCUT2D eigenvalue weighted by Gasteiger charge is 2.16. The van der Waals surface area contributed by atoms with Gasteiger partial charge in [0.05, 0.1) is 12.8 Å². The molecule has 31 heavy (non-hydrogen) atoms. The Labute approximate surface area is 185 Å². The molecule has 1 heterocycles. The van der Waals surface area contributed by atoms with Crippen molar-refractivity contribution >= 4 is 29.3 Å². The summed E-state index contributed by atoms with van der Waals surface area (Å²) < 4.78 is 10.4. The van der Waals surface area contributed by atoms with Crippen molar-refractivity contribution in [2.45, 2.75) is 26.5 Å². The largest absolute Gasteiger partial charge is 0.497 e. The van der Waals surface area contributed by atoms with E-state index in [2.05, 4.69) is 10.3 Å². The summed E-state index contributed by atoms with van der Waals surface area (Å²) in [7, 11) is 1.59. The van der Waals surface area contributed by atoms with E-state index >= 15 is 0 Å². The number of hydrogen-bond acceptors (Lipinski definition) is 6. The molecule has 1 aromatic heterocycles. The van der Waals surface area contributed by atoms with Gasteiger partial charge in [-0.3, -0.25) is 4.79 Å². The predicted molar refractivity (Wildman–Crippen MR) is 122 cm³/mol. The van der Waals surface area contributed by atoms with Crippen molar-refractivity contribution in [3.63, 3.8) is 0 Å². The van der Waals surface area contributed by atoms with Crippen molar-refractivity contribution < 1.29 is 19.1 Å². The molecule has 0 saturated heterocycles. The number of carbonyl (C=O) groups excluding carboxylic acids is 2. The van der Waals surface area contributed by atoms with Crippen LogP contribution in [0.1, 0.15) is 23.7 Å². The second-order valence-corrected chi connectivity index (χ2v) is 7.81. The summed E-state index contributed by atoms with van der Waals surface area (Å²) in [6.07, 6.45) is 3.04. The van der Waals surface area contributed by atoms with E-state index in [9.17, 15) is 9.59 Å². The molecule has 7 heteroatoms. The Morgan fingerprint density at radius 3 is 2.52 bits per heavy atom. The molecule has 0 saturated carbocycles. The van der Waals surface area contributed by atoms with Gasteiger partial charge in [0.2, 0.25) is 5.91 Å². The molecule has 1 atom stereocenters. The summed E-state index contributed by atoms with van der Waals surface area (Å²) in [6, 6.07) is 14.6. The van der Waals surface area contributed by atoms with Crippen LogP contribution in [0.3, 0.4) is 0 Å². The zero-order valence-corrected chi connectivity index (χ0v) is 18.4. The Morgan fingerprint density at radius 2 is 1.84 bits per heavy atom. The number of thiazole rings is 1. The highest BCUT2D eigenvalue weighted by Crippen LogP contribution is 2.24. The summed E-state index contributed by atoms with van der Waals surface area (Å²) in [5.41, 5.74) is 3.73. The van der Waals surface area contributed by atoms with E-state index in [1.54, 1.807) is 32.2 Å². The van der Waals surface area contributed by atoms with Gasteiger partial charge in [0.1, 0.15) is 23.4 Å². The summed E-state index contributed by atoms with van der Waals surface area (Å²) in [5.74, 6) is -0.157. The minimum absolute atomic E-state index is 0.0586. The Morgan fingerprint density at radius 1 is 1.13 bits per heavy atom. The van der Waals surface area contributed by atoms with Gasteiger partial charge in [-0.2, -0.15) is 0 Å². The van der Waals surface area contributed by atoms with Gasteiger partial charge in [0.25, 0.3) is 0 Å². The normalized spacial score (nSPS) is 11.8. The highest BCUT2D eigenvalue weighted by atomic mass is 32.1. The van der Waals surface area contributed by atoms with Crippen LogP contribution in [0.2, 0.25) is 0 Å². The fraction of sp³-hybridized carbons (Fsp3) is 0.208. The standard InChI is InChI=1S/C24H24N2O4S/c1-16-4-9-19(10-5-16)23-26-20(15-31-23)14-30-24(28)17(2)25-22(27)13-8-18-6-11-21(29-3)12-7-18/h4-13,15,17H,14H2,1-3H3,(H,25,27)/b13-8+. The SMILES string of the molecule is COc1ccc(/C=C/C(=O)NC(C)C(=O)OCc2csc(-c3ccc(C)cc3)n2)cc1. The first-order chi connectivity index (χ1) is 14.9. The van der Waals surface area contributed by atoms with Crippen LogP contribution in [0.25, 0.3) is 16.6 Å². The van der Waals surface area contributed by atoms with E-state index in [4.69, 9.17) is 9.47 Å². The van der Waals surface area contributed by atoms with Gasteiger partial charge in [0, 0.05) is 17.0 Å². The fourth-order valence-electron chi connectivity index (χ4n) is 2.68.